The lowest BCUT2D eigenvalue weighted by atomic mass is 10.2. The summed E-state index contributed by atoms with van der Waals surface area (Å²) in [6.07, 6.45) is 3.85. The monoisotopic (exact) mass is 460 g/mol. The Bertz CT molecular complexity index is 1160. The Labute approximate surface area is 171 Å². The summed E-state index contributed by atoms with van der Waals surface area (Å²) in [5.74, 6) is -0.161. The number of benzene rings is 2. The van der Waals surface area contributed by atoms with Crippen LogP contribution in [0, 0.1) is 0 Å². The number of aromatic nitrogens is 2. The quantitative estimate of drug-likeness (QED) is 0.648. The molecule has 0 unspecified atom stereocenters. The Morgan fingerprint density at radius 1 is 1.18 bits per heavy atom. The molecule has 0 saturated carbocycles. The highest BCUT2D eigenvalue weighted by atomic mass is 79.9. The average molecular weight is 461 g/mol. The maximum Gasteiger partial charge on any atom is 0.261 e. The van der Waals surface area contributed by atoms with Crippen molar-refractivity contribution in [3.63, 3.8) is 0 Å². The van der Waals surface area contributed by atoms with Crippen LogP contribution in [0.5, 0.6) is 0 Å². The summed E-state index contributed by atoms with van der Waals surface area (Å²) in [5.41, 5.74) is 2.90. The molecule has 1 aliphatic rings. The number of hydrogen-bond acceptors (Lipinski definition) is 4. The molecule has 0 radical (unpaired) electrons. The van der Waals surface area contributed by atoms with Gasteiger partial charge in [0.25, 0.3) is 5.91 Å². The van der Waals surface area contributed by atoms with Crippen molar-refractivity contribution >= 4 is 37.5 Å². The largest absolute Gasteiger partial charge is 0.308 e. The number of sulfonamides is 1. The lowest BCUT2D eigenvalue weighted by Crippen LogP contribution is -2.28. The van der Waals surface area contributed by atoms with E-state index in [1.54, 1.807) is 34.1 Å². The zero-order chi connectivity index (χ0) is 19.9. The Morgan fingerprint density at radius 3 is 2.64 bits per heavy atom. The molecular weight excluding hydrogens is 444 g/mol. The molecule has 1 aliphatic heterocycles. The molecule has 0 aliphatic carbocycles. The summed E-state index contributed by atoms with van der Waals surface area (Å²) in [6.45, 7) is 0.501. The van der Waals surface area contributed by atoms with Gasteiger partial charge in [-0.05, 0) is 61.5 Å². The minimum absolute atomic E-state index is 0.161. The summed E-state index contributed by atoms with van der Waals surface area (Å²) in [7, 11) is -2.13. The lowest BCUT2D eigenvalue weighted by Gasteiger charge is -2.16. The number of halogens is 1. The predicted octanol–water partition coefficient (Wildman–Crippen LogP) is 2.75. The smallest absolute Gasteiger partial charge is 0.261 e. The van der Waals surface area contributed by atoms with Crippen molar-refractivity contribution in [1.82, 2.24) is 14.5 Å². The Hall–Kier alpha value is -2.49. The van der Waals surface area contributed by atoms with E-state index < -0.39 is 10.0 Å². The van der Waals surface area contributed by atoms with Crippen LogP contribution in [0.25, 0.3) is 5.69 Å². The van der Waals surface area contributed by atoms with E-state index >= 15 is 0 Å². The molecule has 0 spiro atoms. The predicted molar refractivity (Wildman–Crippen MR) is 109 cm³/mol. The zero-order valence-corrected chi connectivity index (χ0v) is 17.4. The summed E-state index contributed by atoms with van der Waals surface area (Å²) in [5, 5.41) is 4.29. The van der Waals surface area contributed by atoms with Crippen LogP contribution < -0.4 is 9.62 Å². The van der Waals surface area contributed by atoms with Crippen LogP contribution in [0.1, 0.15) is 15.9 Å². The Kier molecular flexibility index (Phi) is 4.82. The third-order valence-corrected chi connectivity index (χ3v) is 6.63. The highest BCUT2D eigenvalue weighted by Gasteiger charge is 2.28. The molecule has 144 valence electrons. The maximum absolute atomic E-state index is 13.0. The number of hydrogen-bond donors (Lipinski definition) is 1. The summed E-state index contributed by atoms with van der Waals surface area (Å²) in [6, 6.07) is 12.4. The topological polar surface area (TPSA) is 84.3 Å². The van der Waals surface area contributed by atoms with Gasteiger partial charge in [-0.25, -0.2) is 17.8 Å². The van der Waals surface area contributed by atoms with Crippen LogP contribution in [0.15, 0.2) is 64.2 Å². The number of carbonyl (C=O) groups excluding carboxylic acids is 1. The van der Waals surface area contributed by atoms with E-state index in [9.17, 15) is 13.2 Å². The molecule has 0 atom stereocenters. The lowest BCUT2D eigenvalue weighted by molar-refractivity contribution is 0.0989. The SMILES string of the molecule is CNS(=O)(=O)c1ccc2c(c1)CCN2C(=O)c1cnn(-c2ccc(Br)cc2)c1. The average Bonchev–Trinajstić information content (AvgIpc) is 3.35. The highest BCUT2D eigenvalue weighted by Crippen LogP contribution is 2.31. The van der Waals surface area contributed by atoms with Gasteiger partial charge in [0.1, 0.15) is 0 Å². The van der Waals surface area contributed by atoms with Crippen molar-refractivity contribution in [3.05, 3.63) is 70.5 Å². The van der Waals surface area contributed by atoms with Gasteiger partial charge in [0.15, 0.2) is 0 Å². The van der Waals surface area contributed by atoms with E-state index in [0.717, 1.165) is 21.4 Å². The number of nitrogens with zero attached hydrogens (tertiary/aromatic N) is 3. The fraction of sp³-hybridized carbons (Fsp3) is 0.158. The van der Waals surface area contributed by atoms with E-state index in [2.05, 4.69) is 25.8 Å². The molecule has 9 heteroatoms. The standard InChI is InChI=1S/C19H17BrN4O3S/c1-21-28(26,27)17-6-7-18-13(10-17)8-9-23(18)19(25)14-11-22-24(12-14)16-4-2-15(20)3-5-16/h2-7,10-12,21H,8-9H2,1H3. The van der Waals surface area contributed by atoms with Gasteiger partial charge < -0.3 is 4.90 Å². The number of rotatable bonds is 4. The molecule has 2 aromatic carbocycles. The second kappa shape index (κ2) is 7.16. The van der Waals surface area contributed by atoms with Gasteiger partial charge in [0.2, 0.25) is 10.0 Å². The van der Waals surface area contributed by atoms with E-state index in [1.165, 1.54) is 13.1 Å². The van der Waals surface area contributed by atoms with Crippen molar-refractivity contribution in [2.24, 2.45) is 0 Å². The summed E-state index contributed by atoms with van der Waals surface area (Å²) in [4.78, 5) is 14.8. The van der Waals surface area contributed by atoms with Crippen LogP contribution in [-0.4, -0.2) is 37.7 Å². The maximum atomic E-state index is 13.0. The second-order valence-corrected chi connectivity index (χ2v) is 9.16. The molecule has 0 fully saturated rings. The van der Waals surface area contributed by atoms with Gasteiger partial charge in [-0.3, -0.25) is 4.79 Å². The number of carbonyl (C=O) groups is 1. The normalized spacial score (nSPS) is 13.6. The van der Waals surface area contributed by atoms with E-state index in [4.69, 9.17) is 0 Å². The minimum atomic E-state index is -3.51. The molecule has 4 rings (SSSR count). The summed E-state index contributed by atoms with van der Waals surface area (Å²) >= 11 is 3.40. The van der Waals surface area contributed by atoms with Crippen molar-refractivity contribution in [2.75, 3.05) is 18.5 Å². The molecule has 0 saturated heterocycles. The van der Waals surface area contributed by atoms with Gasteiger partial charge in [0, 0.05) is 22.9 Å². The van der Waals surface area contributed by atoms with Crippen molar-refractivity contribution in [2.45, 2.75) is 11.3 Å². The third kappa shape index (κ3) is 3.36. The van der Waals surface area contributed by atoms with Crippen LogP contribution in [0.3, 0.4) is 0 Å². The van der Waals surface area contributed by atoms with Crippen LogP contribution in [0.4, 0.5) is 5.69 Å². The minimum Gasteiger partial charge on any atom is -0.308 e. The Morgan fingerprint density at radius 2 is 1.93 bits per heavy atom. The molecule has 1 amide bonds. The molecular formula is C19H17BrN4O3S. The molecule has 3 aromatic rings. The fourth-order valence-corrected chi connectivity index (χ4v) is 4.24. The van der Waals surface area contributed by atoms with Crippen LogP contribution >= 0.6 is 15.9 Å². The third-order valence-electron chi connectivity index (χ3n) is 4.69. The first-order chi connectivity index (χ1) is 13.4. The van der Waals surface area contributed by atoms with Gasteiger partial charge in [-0.15, -0.1) is 0 Å². The first-order valence-corrected chi connectivity index (χ1v) is 10.9. The van der Waals surface area contributed by atoms with E-state index in [1.807, 2.05) is 24.3 Å². The van der Waals surface area contributed by atoms with E-state index in [-0.39, 0.29) is 10.8 Å². The molecule has 1 N–H and O–H groups in total. The first kappa shape index (κ1) is 18.9. The van der Waals surface area contributed by atoms with Gasteiger partial charge in [-0.1, -0.05) is 15.9 Å². The molecule has 2 heterocycles. The van der Waals surface area contributed by atoms with Crippen LogP contribution in [-0.2, 0) is 16.4 Å². The first-order valence-electron chi connectivity index (χ1n) is 8.58. The van der Waals surface area contributed by atoms with Crippen LogP contribution in [0.2, 0.25) is 0 Å². The number of amides is 1. The number of fused-ring (bicyclic) bond motifs is 1. The van der Waals surface area contributed by atoms with Crippen molar-refractivity contribution in [1.29, 1.82) is 0 Å². The Balaban J connectivity index is 1.60. The van der Waals surface area contributed by atoms with Crippen molar-refractivity contribution in [3.8, 4) is 5.69 Å². The van der Waals surface area contributed by atoms with Crippen molar-refractivity contribution < 1.29 is 13.2 Å². The molecule has 1 aromatic heterocycles. The second-order valence-electron chi connectivity index (χ2n) is 6.35. The highest BCUT2D eigenvalue weighted by molar-refractivity contribution is 9.10. The summed E-state index contributed by atoms with van der Waals surface area (Å²) < 4.78 is 28.9. The van der Waals surface area contributed by atoms with Gasteiger partial charge in [0.05, 0.1) is 22.3 Å². The van der Waals surface area contributed by atoms with Gasteiger partial charge in [-0.2, -0.15) is 5.10 Å². The molecule has 28 heavy (non-hydrogen) atoms. The fourth-order valence-electron chi connectivity index (χ4n) is 3.20. The zero-order valence-electron chi connectivity index (χ0n) is 15.0. The van der Waals surface area contributed by atoms with E-state index in [0.29, 0.717) is 18.5 Å². The van der Waals surface area contributed by atoms with Gasteiger partial charge >= 0.3 is 0 Å². The molecule has 7 nitrogen and oxygen atoms in total. The number of nitrogens with one attached hydrogen (secondary N) is 1. The number of anilines is 1. The molecule has 0 bridgehead atoms.